The zero-order valence-corrected chi connectivity index (χ0v) is 12.1. The van der Waals surface area contributed by atoms with Gasteiger partial charge in [-0.1, -0.05) is 6.92 Å². The lowest BCUT2D eigenvalue weighted by Gasteiger charge is -2.46. The van der Waals surface area contributed by atoms with E-state index in [1.807, 2.05) is 6.07 Å². The molecule has 0 saturated carbocycles. The SMILES string of the molecule is CCCOc1ccnc(N2CC(N3CCNCC3)C2)n1. The van der Waals surface area contributed by atoms with E-state index in [9.17, 15) is 0 Å². The summed E-state index contributed by atoms with van der Waals surface area (Å²) in [5.74, 6) is 1.48. The van der Waals surface area contributed by atoms with Crippen LogP contribution in [0.3, 0.4) is 0 Å². The van der Waals surface area contributed by atoms with Gasteiger partial charge in [-0.25, -0.2) is 4.98 Å². The molecule has 2 aliphatic heterocycles. The number of hydrogen-bond acceptors (Lipinski definition) is 6. The molecule has 110 valence electrons. The van der Waals surface area contributed by atoms with Crippen molar-refractivity contribution in [1.82, 2.24) is 20.2 Å². The molecule has 0 spiro atoms. The first-order chi connectivity index (χ1) is 9.86. The molecule has 3 rings (SSSR count). The molecule has 6 heteroatoms. The fourth-order valence-electron chi connectivity index (χ4n) is 2.67. The van der Waals surface area contributed by atoms with Crippen LogP contribution in [-0.4, -0.2) is 66.8 Å². The highest BCUT2D eigenvalue weighted by atomic mass is 16.5. The van der Waals surface area contributed by atoms with Crippen molar-refractivity contribution in [2.24, 2.45) is 0 Å². The molecule has 2 aliphatic rings. The smallest absolute Gasteiger partial charge is 0.228 e. The fourth-order valence-corrected chi connectivity index (χ4v) is 2.67. The molecular weight excluding hydrogens is 254 g/mol. The first kappa shape index (κ1) is 13.6. The Balaban J connectivity index is 1.53. The molecule has 1 aromatic rings. The molecule has 20 heavy (non-hydrogen) atoms. The molecule has 1 aromatic heterocycles. The molecule has 1 N–H and O–H groups in total. The van der Waals surface area contributed by atoms with Gasteiger partial charge >= 0.3 is 0 Å². The van der Waals surface area contributed by atoms with E-state index in [-0.39, 0.29) is 0 Å². The highest BCUT2D eigenvalue weighted by Crippen LogP contribution is 2.22. The second kappa shape index (κ2) is 6.37. The number of rotatable bonds is 5. The lowest BCUT2D eigenvalue weighted by atomic mass is 10.1. The van der Waals surface area contributed by atoms with Crippen molar-refractivity contribution in [2.45, 2.75) is 19.4 Å². The Hall–Kier alpha value is -1.40. The van der Waals surface area contributed by atoms with Gasteiger partial charge in [-0.05, 0) is 6.42 Å². The van der Waals surface area contributed by atoms with E-state index >= 15 is 0 Å². The van der Waals surface area contributed by atoms with Crippen molar-refractivity contribution in [3.05, 3.63) is 12.3 Å². The Bertz CT molecular complexity index is 429. The average Bonchev–Trinajstić information content (AvgIpc) is 2.45. The normalized spacial score (nSPS) is 20.8. The number of aromatic nitrogens is 2. The number of hydrogen-bond donors (Lipinski definition) is 1. The lowest BCUT2D eigenvalue weighted by Crippen LogP contribution is -2.63. The van der Waals surface area contributed by atoms with Crippen LogP contribution in [0.25, 0.3) is 0 Å². The Labute approximate surface area is 120 Å². The summed E-state index contributed by atoms with van der Waals surface area (Å²) in [6.45, 7) is 9.36. The molecule has 3 heterocycles. The Kier molecular flexibility index (Phi) is 4.32. The van der Waals surface area contributed by atoms with Crippen LogP contribution in [-0.2, 0) is 0 Å². The predicted octanol–water partition coefficient (Wildman–Crippen LogP) is 0.359. The monoisotopic (exact) mass is 277 g/mol. The molecule has 0 bridgehead atoms. The van der Waals surface area contributed by atoms with Crippen LogP contribution in [0.4, 0.5) is 5.95 Å². The van der Waals surface area contributed by atoms with Gasteiger partial charge in [0.05, 0.1) is 6.61 Å². The van der Waals surface area contributed by atoms with Crippen LogP contribution in [0.5, 0.6) is 5.88 Å². The van der Waals surface area contributed by atoms with Gasteiger partial charge < -0.3 is 15.0 Å². The summed E-state index contributed by atoms with van der Waals surface area (Å²) in [7, 11) is 0. The maximum atomic E-state index is 5.56. The molecule has 0 unspecified atom stereocenters. The van der Waals surface area contributed by atoms with E-state index in [0.717, 1.165) is 51.6 Å². The van der Waals surface area contributed by atoms with E-state index in [0.29, 0.717) is 18.5 Å². The van der Waals surface area contributed by atoms with Gasteiger partial charge in [-0.15, -0.1) is 0 Å². The van der Waals surface area contributed by atoms with Gasteiger partial charge in [0.25, 0.3) is 0 Å². The van der Waals surface area contributed by atoms with Crippen LogP contribution < -0.4 is 15.0 Å². The summed E-state index contributed by atoms with van der Waals surface area (Å²) in [6, 6.07) is 2.48. The van der Waals surface area contributed by atoms with Crippen molar-refractivity contribution in [3.63, 3.8) is 0 Å². The van der Waals surface area contributed by atoms with Crippen molar-refractivity contribution in [2.75, 3.05) is 50.8 Å². The van der Waals surface area contributed by atoms with Crippen molar-refractivity contribution < 1.29 is 4.74 Å². The third-order valence-corrected chi connectivity index (χ3v) is 3.88. The van der Waals surface area contributed by atoms with Gasteiger partial charge in [-0.2, -0.15) is 4.98 Å². The van der Waals surface area contributed by atoms with E-state index in [4.69, 9.17) is 4.74 Å². The summed E-state index contributed by atoms with van der Waals surface area (Å²) in [6.07, 6.45) is 2.78. The summed E-state index contributed by atoms with van der Waals surface area (Å²) in [5.41, 5.74) is 0. The predicted molar refractivity (Wildman–Crippen MR) is 78.3 cm³/mol. The average molecular weight is 277 g/mol. The number of piperazine rings is 1. The summed E-state index contributed by atoms with van der Waals surface area (Å²) in [4.78, 5) is 13.6. The minimum Gasteiger partial charge on any atom is -0.478 e. The minimum atomic E-state index is 0.654. The fraction of sp³-hybridized carbons (Fsp3) is 0.714. The van der Waals surface area contributed by atoms with Crippen molar-refractivity contribution in [3.8, 4) is 5.88 Å². The Morgan fingerprint density at radius 2 is 2.15 bits per heavy atom. The number of nitrogens with one attached hydrogen (secondary N) is 1. The quantitative estimate of drug-likeness (QED) is 0.839. The maximum absolute atomic E-state index is 5.56. The number of anilines is 1. The minimum absolute atomic E-state index is 0.654. The molecule has 0 aliphatic carbocycles. The van der Waals surface area contributed by atoms with Gasteiger partial charge in [0.1, 0.15) is 0 Å². The Morgan fingerprint density at radius 1 is 1.35 bits per heavy atom. The standard InChI is InChI=1S/C14H23N5O/c1-2-9-20-13-3-4-16-14(17-13)19-10-12(11-19)18-7-5-15-6-8-18/h3-4,12,15H,2,5-11H2,1H3. The van der Waals surface area contributed by atoms with Crippen LogP contribution in [0.15, 0.2) is 12.3 Å². The lowest BCUT2D eigenvalue weighted by molar-refractivity contribution is 0.146. The van der Waals surface area contributed by atoms with E-state index < -0.39 is 0 Å². The number of nitrogens with zero attached hydrogens (tertiary/aromatic N) is 4. The van der Waals surface area contributed by atoms with Crippen molar-refractivity contribution in [1.29, 1.82) is 0 Å². The van der Waals surface area contributed by atoms with Gasteiger partial charge in [-0.3, -0.25) is 4.90 Å². The van der Waals surface area contributed by atoms with Crippen LogP contribution >= 0.6 is 0 Å². The number of ether oxygens (including phenoxy) is 1. The second-order valence-electron chi connectivity index (χ2n) is 5.39. The maximum Gasteiger partial charge on any atom is 0.228 e. The molecular formula is C14H23N5O. The van der Waals surface area contributed by atoms with Crippen LogP contribution in [0, 0.1) is 0 Å². The van der Waals surface area contributed by atoms with E-state index in [1.165, 1.54) is 0 Å². The molecule has 0 aromatic carbocycles. The third kappa shape index (κ3) is 3.02. The van der Waals surface area contributed by atoms with Crippen molar-refractivity contribution >= 4 is 5.95 Å². The molecule has 0 radical (unpaired) electrons. The Morgan fingerprint density at radius 3 is 2.90 bits per heavy atom. The highest BCUT2D eigenvalue weighted by molar-refractivity contribution is 5.37. The molecule has 2 fully saturated rings. The van der Waals surface area contributed by atoms with E-state index in [2.05, 4.69) is 32.0 Å². The summed E-state index contributed by atoms with van der Waals surface area (Å²) in [5, 5.41) is 3.39. The van der Waals surface area contributed by atoms with Crippen LogP contribution in [0.2, 0.25) is 0 Å². The van der Waals surface area contributed by atoms with Gasteiger partial charge in [0.2, 0.25) is 11.8 Å². The molecule has 6 nitrogen and oxygen atoms in total. The zero-order chi connectivity index (χ0) is 13.8. The largest absolute Gasteiger partial charge is 0.478 e. The summed E-state index contributed by atoms with van der Waals surface area (Å²) < 4.78 is 5.56. The first-order valence-corrected chi connectivity index (χ1v) is 7.52. The van der Waals surface area contributed by atoms with Crippen LogP contribution in [0.1, 0.15) is 13.3 Å². The highest BCUT2D eigenvalue weighted by Gasteiger charge is 2.33. The van der Waals surface area contributed by atoms with Gasteiger partial charge in [0, 0.05) is 57.6 Å². The van der Waals surface area contributed by atoms with Gasteiger partial charge in [0.15, 0.2) is 0 Å². The molecule has 0 amide bonds. The third-order valence-electron chi connectivity index (χ3n) is 3.88. The summed E-state index contributed by atoms with van der Waals surface area (Å²) >= 11 is 0. The second-order valence-corrected chi connectivity index (χ2v) is 5.39. The van der Waals surface area contributed by atoms with E-state index in [1.54, 1.807) is 6.20 Å². The molecule has 0 atom stereocenters. The topological polar surface area (TPSA) is 53.5 Å². The molecule has 2 saturated heterocycles. The zero-order valence-electron chi connectivity index (χ0n) is 12.1. The first-order valence-electron chi connectivity index (χ1n) is 7.52.